The first-order valence-electron chi connectivity index (χ1n) is 6.97. The standard InChI is InChI=1S/C18H20FNO/c1-18(2,15-7-5-4-6-8-15)17(21)20(3)13-14-9-11-16(19)12-10-14/h4-12H,13H2,1-3H3. The number of nitrogens with zero attached hydrogens (tertiary/aromatic N) is 1. The van der Waals surface area contributed by atoms with Gasteiger partial charge in [0.15, 0.2) is 0 Å². The van der Waals surface area contributed by atoms with Gasteiger partial charge in [0.25, 0.3) is 0 Å². The highest BCUT2D eigenvalue weighted by atomic mass is 19.1. The van der Waals surface area contributed by atoms with Crippen molar-refractivity contribution in [1.29, 1.82) is 0 Å². The van der Waals surface area contributed by atoms with Gasteiger partial charge in [0, 0.05) is 13.6 Å². The summed E-state index contributed by atoms with van der Waals surface area (Å²) >= 11 is 0. The number of benzene rings is 2. The van der Waals surface area contributed by atoms with Crippen molar-refractivity contribution in [2.45, 2.75) is 25.8 Å². The number of hydrogen-bond acceptors (Lipinski definition) is 1. The number of likely N-dealkylation sites (N-methyl/N-ethyl adjacent to an activating group) is 1. The lowest BCUT2D eigenvalue weighted by molar-refractivity contribution is -0.135. The molecule has 0 atom stereocenters. The maximum Gasteiger partial charge on any atom is 0.232 e. The smallest absolute Gasteiger partial charge is 0.232 e. The van der Waals surface area contributed by atoms with Gasteiger partial charge in [0.2, 0.25) is 5.91 Å². The molecule has 0 saturated heterocycles. The van der Waals surface area contributed by atoms with Crippen LogP contribution in [0.5, 0.6) is 0 Å². The van der Waals surface area contributed by atoms with Crippen molar-refractivity contribution in [2.24, 2.45) is 0 Å². The average Bonchev–Trinajstić information content (AvgIpc) is 2.49. The van der Waals surface area contributed by atoms with Gasteiger partial charge in [0.05, 0.1) is 5.41 Å². The van der Waals surface area contributed by atoms with E-state index in [2.05, 4.69) is 0 Å². The molecule has 0 radical (unpaired) electrons. The molecular weight excluding hydrogens is 265 g/mol. The van der Waals surface area contributed by atoms with E-state index in [0.717, 1.165) is 11.1 Å². The number of hydrogen-bond donors (Lipinski definition) is 0. The summed E-state index contributed by atoms with van der Waals surface area (Å²) in [7, 11) is 1.77. The molecule has 0 bridgehead atoms. The Morgan fingerprint density at radius 1 is 1.05 bits per heavy atom. The van der Waals surface area contributed by atoms with Gasteiger partial charge in [-0.15, -0.1) is 0 Å². The minimum atomic E-state index is -0.587. The van der Waals surface area contributed by atoms with Crippen molar-refractivity contribution in [3.05, 3.63) is 71.5 Å². The second-order valence-corrected chi connectivity index (χ2v) is 5.78. The molecule has 0 aliphatic heterocycles. The number of carbonyl (C=O) groups excluding carboxylic acids is 1. The molecule has 0 unspecified atom stereocenters. The zero-order chi connectivity index (χ0) is 15.5. The Morgan fingerprint density at radius 2 is 1.62 bits per heavy atom. The first-order valence-corrected chi connectivity index (χ1v) is 6.97. The minimum Gasteiger partial charge on any atom is -0.341 e. The van der Waals surface area contributed by atoms with Crippen molar-refractivity contribution in [2.75, 3.05) is 7.05 Å². The predicted octanol–water partition coefficient (Wildman–Crippen LogP) is 3.76. The van der Waals surface area contributed by atoms with Crippen molar-refractivity contribution >= 4 is 5.91 Å². The van der Waals surface area contributed by atoms with Crippen LogP contribution in [0.1, 0.15) is 25.0 Å². The second-order valence-electron chi connectivity index (χ2n) is 5.78. The van der Waals surface area contributed by atoms with Crippen LogP contribution in [-0.2, 0) is 16.8 Å². The molecule has 110 valence electrons. The summed E-state index contributed by atoms with van der Waals surface area (Å²) in [6.07, 6.45) is 0. The fraction of sp³-hybridized carbons (Fsp3) is 0.278. The van der Waals surface area contributed by atoms with Crippen LogP contribution < -0.4 is 0 Å². The summed E-state index contributed by atoms with van der Waals surface area (Å²) in [5.74, 6) is -0.227. The molecule has 2 rings (SSSR count). The van der Waals surface area contributed by atoms with E-state index in [1.54, 1.807) is 24.1 Å². The molecule has 0 spiro atoms. The molecule has 2 aromatic rings. The summed E-state index contributed by atoms with van der Waals surface area (Å²) in [4.78, 5) is 14.4. The molecule has 2 aromatic carbocycles. The van der Waals surface area contributed by atoms with Gasteiger partial charge >= 0.3 is 0 Å². The molecule has 1 amide bonds. The van der Waals surface area contributed by atoms with E-state index < -0.39 is 5.41 Å². The Balaban J connectivity index is 2.13. The van der Waals surface area contributed by atoms with Crippen LogP contribution in [0.25, 0.3) is 0 Å². The van der Waals surface area contributed by atoms with Crippen molar-refractivity contribution in [1.82, 2.24) is 4.90 Å². The third-order valence-electron chi connectivity index (χ3n) is 3.71. The fourth-order valence-electron chi connectivity index (χ4n) is 2.39. The summed E-state index contributed by atoms with van der Waals surface area (Å²) in [6.45, 7) is 4.31. The van der Waals surface area contributed by atoms with Crippen molar-refractivity contribution in [3.63, 3.8) is 0 Å². The lowest BCUT2D eigenvalue weighted by atomic mass is 9.83. The number of rotatable bonds is 4. The first kappa shape index (κ1) is 15.2. The second kappa shape index (κ2) is 6.08. The Kier molecular flexibility index (Phi) is 4.41. The Labute approximate surface area is 125 Å². The molecule has 21 heavy (non-hydrogen) atoms. The van der Waals surface area contributed by atoms with Crippen LogP contribution in [0.15, 0.2) is 54.6 Å². The summed E-state index contributed by atoms with van der Waals surface area (Å²) in [5.41, 5.74) is 1.31. The summed E-state index contributed by atoms with van der Waals surface area (Å²) < 4.78 is 12.9. The zero-order valence-corrected chi connectivity index (χ0v) is 12.6. The number of amides is 1. The van der Waals surface area contributed by atoms with E-state index in [1.807, 2.05) is 44.2 Å². The topological polar surface area (TPSA) is 20.3 Å². The number of halogens is 1. The zero-order valence-electron chi connectivity index (χ0n) is 12.6. The van der Waals surface area contributed by atoms with E-state index in [1.165, 1.54) is 12.1 Å². The summed E-state index contributed by atoms with van der Waals surface area (Å²) in [6, 6.07) is 16.0. The lowest BCUT2D eigenvalue weighted by Gasteiger charge is -2.30. The van der Waals surface area contributed by atoms with E-state index >= 15 is 0 Å². The lowest BCUT2D eigenvalue weighted by Crippen LogP contribution is -2.40. The van der Waals surface area contributed by atoms with Gasteiger partial charge in [-0.2, -0.15) is 0 Å². The molecule has 0 saturated carbocycles. The van der Waals surface area contributed by atoms with Gasteiger partial charge < -0.3 is 4.90 Å². The largest absolute Gasteiger partial charge is 0.341 e. The van der Waals surface area contributed by atoms with Crippen LogP contribution >= 0.6 is 0 Å². The Morgan fingerprint density at radius 3 is 2.19 bits per heavy atom. The van der Waals surface area contributed by atoms with Crippen molar-refractivity contribution < 1.29 is 9.18 Å². The van der Waals surface area contributed by atoms with Gasteiger partial charge in [-0.25, -0.2) is 4.39 Å². The molecule has 0 aliphatic rings. The molecule has 2 nitrogen and oxygen atoms in total. The Hall–Kier alpha value is -2.16. The fourth-order valence-corrected chi connectivity index (χ4v) is 2.39. The van der Waals surface area contributed by atoms with Crippen LogP contribution in [0, 0.1) is 5.82 Å². The van der Waals surface area contributed by atoms with Crippen LogP contribution in [0.3, 0.4) is 0 Å². The van der Waals surface area contributed by atoms with Crippen LogP contribution in [-0.4, -0.2) is 17.9 Å². The Bertz CT molecular complexity index is 605. The molecule has 0 N–H and O–H groups in total. The van der Waals surface area contributed by atoms with Crippen LogP contribution in [0.2, 0.25) is 0 Å². The third kappa shape index (κ3) is 3.48. The van der Waals surface area contributed by atoms with E-state index in [4.69, 9.17) is 0 Å². The predicted molar refractivity (Wildman–Crippen MR) is 82.3 cm³/mol. The minimum absolute atomic E-state index is 0.0398. The monoisotopic (exact) mass is 285 g/mol. The third-order valence-corrected chi connectivity index (χ3v) is 3.71. The quantitative estimate of drug-likeness (QED) is 0.837. The molecular formula is C18H20FNO. The highest BCUT2D eigenvalue weighted by Gasteiger charge is 2.32. The molecule has 3 heteroatoms. The normalized spacial score (nSPS) is 11.2. The maximum absolute atomic E-state index is 12.9. The van der Waals surface area contributed by atoms with Crippen LogP contribution in [0.4, 0.5) is 4.39 Å². The van der Waals surface area contributed by atoms with E-state index in [-0.39, 0.29) is 11.7 Å². The van der Waals surface area contributed by atoms with Gasteiger partial charge in [-0.1, -0.05) is 42.5 Å². The van der Waals surface area contributed by atoms with Gasteiger partial charge in [-0.3, -0.25) is 4.79 Å². The maximum atomic E-state index is 12.9. The van der Waals surface area contributed by atoms with Gasteiger partial charge in [-0.05, 0) is 37.1 Å². The average molecular weight is 285 g/mol. The number of carbonyl (C=O) groups is 1. The first-order chi connectivity index (χ1) is 9.91. The molecule has 0 heterocycles. The van der Waals surface area contributed by atoms with Gasteiger partial charge in [0.1, 0.15) is 5.82 Å². The van der Waals surface area contributed by atoms with E-state index in [0.29, 0.717) is 6.54 Å². The van der Waals surface area contributed by atoms with E-state index in [9.17, 15) is 9.18 Å². The SMILES string of the molecule is CN(Cc1ccc(F)cc1)C(=O)C(C)(C)c1ccccc1. The summed E-state index contributed by atoms with van der Waals surface area (Å²) in [5, 5.41) is 0. The van der Waals surface area contributed by atoms with Crippen molar-refractivity contribution in [3.8, 4) is 0 Å². The highest BCUT2D eigenvalue weighted by Crippen LogP contribution is 2.25. The molecule has 0 aromatic heterocycles. The highest BCUT2D eigenvalue weighted by molar-refractivity contribution is 5.87. The molecule has 0 aliphatic carbocycles. The molecule has 0 fully saturated rings.